The van der Waals surface area contributed by atoms with E-state index in [1.807, 2.05) is 30.3 Å². The van der Waals surface area contributed by atoms with Gasteiger partial charge in [-0.25, -0.2) is 4.79 Å². The molecule has 0 radical (unpaired) electrons. The van der Waals surface area contributed by atoms with Gasteiger partial charge in [0.05, 0.1) is 6.54 Å². The fourth-order valence-electron chi connectivity index (χ4n) is 3.52. The van der Waals surface area contributed by atoms with Crippen molar-refractivity contribution in [3.63, 3.8) is 0 Å². The highest BCUT2D eigenvalue weighted by molar-refractivity contribution is 6.36. The number of piperidine rings is 1. The Morgan fingerprint density at radius 2 is 2.16 bits per heavy atom. The van der Waals surface area contributed by atoms with Crippen molar-refractivity contribution in [2.24, 2.45) is 5.16 Å². The van der Waals surface area contributed by atoms with Gasteiger partial charge in [-0.15, -0.1) is 6.58 Å². The molecule has 132 valence electrons. The number of amides is 1. The summed E-state index contributed by atoms with van der Waals surface area (Å²) in [5.41, 5.74) is 0.409. The van der Waals surface area contributed by atoms with E-state index in [0.717, 1.165) is 12.0 Å². The van der Waals surface area contributed by atoms with Gasteiger partial charge in [-0.3, -0.25) is 4.79 Å². The normalized spacial score (nSPS) is 23.7. The van der Waals surface area contributed by atoms with Crippen molar-refractivity contribution in [1.82, 2.24) is 4.90 Å². The largest absolute Gasteiger partial charge is 0.477 e. The molecule has 6 nitrogen and oxygen atoms in total. The maximum atomic E-state index is 12.8. The molecule has 1 fully saturated rings. The molecule has 25 heavy (non-hydrogen) atoms. The van der Waals surface area contributed by atoms with Gasteiger partial charge in [0, 0.05) is 25.3 Å². The van der Waals surface area contributed by atoms with Gasteiger partial charge in [-0.2, -0.15) is 0 Å². The lowest BCUT2D eigenvalue weighted by atomic mass is 9.87. The predicted octanol–water partition coefficient (Wildman–Crippen LogP) is 2.57. The highest BCUT2D eigenvalue weighted by atomic mass is 16.7. The summed E-state index contributed by atoms with van der Waals surface area (Å²) in [6.07, 6.45) is 3.87. The van der Waals surface area contributed by atoms with Crippen LogP contribution in [0.15, 0.2) is 48.1 Å². The summed E-state index contributed by atoms with van der Waals surface area (Å²) < 4.78 is 0. The Bertz CT molecular complexity index is 701. The van der Waals surface area contributed by atoms with Gasteiger partial charge in [-0.05, 0) is 18.4 Å². The zero-order valence-electron chi connectivity index (χ0n) is 14.1. The van der Waals surface area contributed by atoms with Crippen LogP contribution in [0.25, 0.3) is 0 Å². The van der Waals surface area contributed by atoms with Crippen molar-refractivity contribution < 1.29 is 19.5 Å². The Morgan fingerprint density at radius 3 is 2.80 bits per heavy atom. The molecule has 2 aliphatic rings. The fourth-order valence-corrected chi connectivity index (χ4v) is 3.52. The zero-order valence-corrected chi connectivity index (χ0v) is 14.1. The van der Waals surface area contributed by atoms with E-state index in [1.165, 1.54) is 0 Å². The minimum Gasteiger partial charge on any atom is -0.477 e. The first-order valence-corrected chi connectivity index (χ1v) is 8.47. The molecule has 0 saturated carbocycles. The summed E-state index contributed by atoms with van der Waals surface area (Å²) in [5, 5.41) is 12.8. The first-order chi connectivity index (χ1) is 12.0. The number of carbonyl (C=O) groups is 2. The summed E-state index contributed by atoms with van der Waals surface area (Å²) in [6.45, 7) is 4.89. The number of rotatable bonds is 5. The molecule has 1 aromatic rings. The van der Waals surface area contributed by atoms with Gasteiger partial charge < -0.3 is 14.8 Å². The van der Waals surface area contributed by atoms with Gasteiger partial charge in [0.1, 0.15) is 0 Å². The molecule has 2 aliphatic heterocycles. The molecule has 0 aromatic heterocycles. The number of carboxylic acids is 1. The minimum atomic E-state index is -1.06. The van der Waals surface area contributed by atoms with Crippen LogP contribution in [0.4, 0.5) is 0 Å². The second kappa shape index (κ2) is 7.09. The molecule has 2 atom stereocenters. The number of hydrogen-bond acceptors (Lipinski definition) is 4. The van der Waals surface area contributed by atoms with Crippen LogP contribution in [0.5, 0.6) is 0 Å². The number of likely N-dealkylation sites (tertiary alicyclic amines) is 1. The number of oxime groups is 1. The van der Waals surface area contributed by atoms with E-state index >= 15 is 0 Å². The SMILES string of the molecule is C=CC(CC(=O)N1CCCC2(CC(C(=O)O)=NO2)C1)c1ccccc1. The maximum Gasteiger partial charge on any atom is 0.353 e. The van der Waals surface area contributed by atoms with Crippen molar-refractivity contribution in [1.29, 1.82) is 0 Å². The van der Waals surface area contributed by atoms with Crippen LogP contribution >= 0.6 is 0 Å². The number of allylic oxidation sites excluding steroid dienone is 1. The molecule has 1 aromatic carbocycles. The average molecular weight is 342 g/mol. The van der Waals surface area contributed by atoms with Crippen LogP contribution < -0.4 is 0 Å². The third-order valence-corrected chi connectivity index (χ3v) is 4.88. The lowest BCUT2D eigenvalue weighted by molar-refractivity contribution is -0.140. The van der Waals surface area contributed by atoms with Crippen LogP contribution in [0.2, 0.25) is 0 Å². The van der Waals surface area contributed by atoms with Gasteiger partial charge in [0.2, 0.25) is 5.91 Å². The standard InChI is InChI=1S/C19H22N2O4/c1-2-14(15-7-4-3-5-8-15)11-17(22)21-10-6-9-19(13-21)12-16(18(23)24)20-25-19/h2-5,7-8,14H,1,6,9-13H2,(H,23,24). The van der Waals surface area contributed by atoms with E-state index in [1.54, 1.807) is 11.0 Å². The molecular weight excluding hydrogens is 320 g/mol. The van der Waals surface area contributed by atoms with Crippen LogP contribution in [0, 0.1) is 0 Å². The summed E-state index contributed by atoms with van der Waals surface area (Å²) in [4.78, 5) is 31.1. The maximum absolute atomic E-state index is 12.8. The first-order valence-electron chi connectivity index (χ1n) is 8.47. The van der Waals surface area contributed by atoms with E-state index in [-0.39, 0.29) is 24.0 Å². The number of benzene rings is 1. The summed E-state index contributed by atoms with van der Waals surface area (Å²) >= 11 is 0. The van der Waals surface area contributed by atoms with E-state index in [4.69, 9.17) is 9.94 Å². The average Bonchev–Trinajstić information content (AvgIpc) is 3.04. The second-order valence-electron chi connectivity index (χ2n) is 6.67. The van der Waals surface area contributed by atoms with Crippen molar-refractivity contribution in [3.8, 4) is 0 Å². The van der Waals surface area contributed by atoms with Crippen LogP contribution in [0.1, 0.15) is 37.2 Å². The van der Waals surface area contributed by atoms with Crippen LogP contribution in [-0.4, -0.2) is 46.3 Å². The monoisotopic (exact) mass is 342 g/mol. The minimum absolute atomic E-state index is 0.0280. The quantitative estimate of drug-likeness (QED) is 0.834. The van der Waals surface area contributed by atoms with E-state index < -0.39 is 11.6 Å². The third-order valence-electron chi connectivity index (χ3n) is 4.88. The van der Waals surface area contributed by atoms with E-state index in [2.05, 4.69) is 11.7 Å². The summed E-state index contributed by atoms with van der Waals surface area (Å²) in [7, 11) is 0. The van der Waals surface area contributed by atoms with Gasteiger partial charge in [0.25, 0.3) is 0 Å². The predicted molar refractivity (Wildman–Crippen MR) is 93.3 cm³/mol. The topological polar surface area (TPSA) is 79.2 Å². The summed E-state index contributed by atoms with van der Waals surface area (Å²) in [5.74, 6) is -1.07. The Hall–Kier alpha value is -2.63. The van der Waals surface area contributed by atoms with Crippen molar-refractivity contribution in [2.75, 3.05) is 13.1 Å². The smallest absolute Gasteiger partial charge is 0.353 e. The number of carbonyl (C=O) groups excluding carboxylic acids is 1. The fraction of sp³-hybridized carbons (Fsp3) is 0.421. The molecule has 1 amide bonds. The molecule has 6 heteroatoms. The zero-order chi connectivity index (χ0) is 17.9. The molecule has 1 spiro atoms. The molecule has 2 unspecified atom stereocenters. The van der Waals surface area contributed by atoms with E-state index in [0.29, 0.717) is 25.9 Å². The highest BCUT2D eigenvalue weighted by Crippen LogP contribution is 2.34. The van der Waals surface area contributed by atoms with Crippen molar-refractivity contribution in [2.45, 2.75) is 37.2 Å². The molecule has 1 N–H and O–H groups in total. The molecule has 3 rings (SSSR count). The van der Waals surface area contributed by atoms with Crippen molar-refractivity contribution >= 4 is 17.6 Å². The highest BCUT2D eigenvalue weighted by Gasteiger charge is 2.45. The Morgan fingerprint density at radius 1 is 1.40 bits per heavy atom. The molecule has 0 bridgehead atoms. The third kappa shape index (κ3) is 3.73. The van der Waals surface area contributed by atoms with Crippen LogP contribution in [-0.2, 0) is 14.4 Å². The molecule has 2 heterocycles. The molecule has 0 aliphatic carbocycles. The van der Waals surface area contributed by atoms with E-state index in [9.17, 15) is 9.59 Å². The summed E-state index contributed by atoms with van der Waals surface area (Å²) in [6, 6.07) is 9.82. The Kier molecular flexibility index (Phi) is 4.88. The Balaban J connectivity index is 1.64. The van der Waals surface area contributed by atoms with Crippen molar-refractivity contribution in [3.05, 3.63) is 48.6 Å². The molecular formula is C19H22N2O4. The first kappa shape index (κ1) is 17.2. The van der Waals surface area contributed by atoms with Crippen LogP contribution in [0.3, 0.4) is 0 Å². The Labute approximate surface area is 146 Å². The number of carboxylic acid groups (broad SMARTS) is 1. The van der Waals surface area contributed by atoms with Gasteiger partial charge >= 0.3 is 5.97 Å². The number of aliphatic carboxylic acids is 1. The lowest BCUT2D eigenvalue weighted by Crippen LogP contribution is -2.50. The lowest BCUT2D eigenvalue weighted by Gasteiger charge is -2.38. The number of nitrogens with zero attached hydrogens (tertiary/aromatic N) is 2. The van der Waals surface area contributed by atoms with Gasteiger partial charge in [-0.1, -0.05) is 41.6 Å². The number of hydrogen-bond donors (Lipinski definition) is 1. The molecule has 1 saturated heterocycles. The van der Waals surface area contributed by atoms with Gasteiger partial charge in [0.15, 0.2) is 11.3 Å². The second-order valence-corrected chi connectivity index (χ2v) is 6.67.